The van der Waals surface area contributed by atoms with E-state index in [-0.39, 0.29) is 5.78 Å². The van der Waals surface area contributed by atoms with Crippen LogP contribution in [-0.4, -0.2) is 17.9 Å². The number of ketones is 1. The van der Waals surface area contributed by atoms with E-state index in [1.807, 2.05) is 0 Å². The Morgan fingerprint density at radius 3 is 3.07 bits per heavy atom. The summed E-state index contributed by atoms with van der Waals surface area (Å²) in [4.78, 5) is 15.8. The van der Waals surface area contributed by atoms with Crippen LogP contribution in [0.15, 0.2) is 18.3 Å². The topological polar surface area (TPSA) is 39.2 Å². The van der Waals surface area contributed by atoms with E-state index in [0.717, 1.165) is 0 Å². The first-order valence-electron chi connectivity index (χ1n) is 4.83. The van der Waals surface area contributed by atoms with Gasteiger partial charge in [0.05, 0.1) is 12.7 Å². The number of carbonyl (C=O) groups excluding carboxylic acids is 1. The van der Waals surface area contributed by atoms with Crippen molar-refractivity contribution in [1.29, 1.82) is 0 Å². The molecule has 2 rings (SSSR count). The third-order valence-electron chi connectivity index (χ3n) is 2.44. The summed E-state index contributed by atoms with van der Waals surface area (Å²) in [5, 5.41) is 0. The molecule has 0 N–H and O–H groups in total. The van der Waals surface area contributed by atoms with Gasteiger partial charge in [0.15, 0.2) is 5.78 Å². The van der Waals surface area contributed by atoms with Crippen LogP contribution in [0.2, 0.25) is 0 Å². The molecule has 0 aliphatic heterocycles. The number of hydrogen-bond acceptors (Lipinski definition) is 3. The summed E-state index contributed by atoms with van der Waals surface area (Å²) in [7, 11) is 1.54. The molecule has 1 aromatic heterocycles. The molecule has 1 saturated carbocycles. The van der Waals surface area contributed by atoms with Gasteiger partial charge in [-0.1, -0.05) is 0 Å². The van der Waals surface area contributed by atoms with Crippen LogP contribution >= 0.6 is 0 Å². The SMILES string of the molecule is COc1ncccc1C(=O)CC1CC1. The molecule has 0 unspecified atom stereocenters. The van der Waals surface area contributed by atoms with Crippen molar-refractivity contribution >= 4 is 5.78 Å². The van der Waals surface area contributed by atoms with Crippen molar-refractivity contribution in [3.8, 4) is 5.88 Å². The van der Waals surface area contributed by atoms with Crippen LogP contribution in [-0.2, 0) is 0 Å². The molecule has 1 aromatic rings. The summed E-state index contributed by atoms with van der Waals surface area (Å²) in [6, 6.07) is 3.54. The lowest BCUT2D eigenvalue weighted by Crippen LogP contribution is -2.04. The van der Waals surface area contributed by atoms with Crippen LogP contribution < -0.4 is 4.74 Å². The molecule has 0 amide bonds. The van der Waals surface area contributed by atoms with Gasteiger partial charge in [-0.3, -0.25) is 4.79 Å². The fraction of sp³-hybridized carbons (Fsp3) is 0.455. The van der Waals surface area contributed by atoms with Gasteiger partial charge < -0.3 is 4.74 Å². The normalized spacial score (nSPS) is 15.2. The number of aromatic nitrogens is 1. The Hall–Kier alpha value is -1.38. The zero-order valence-electron chi connectivity index (χ0n) is 8.19. The van der Waals surface area contributed by atoms with E-state index in [1.54, 1.807) is 18.3 Å². The fourth-order valence-corrected chi connectivity index (χ4v) is 1.46. The lowest BCUT2D eigenvalue weighted by molar-refractivity contribution is 0.0972. The highest BCUT2D eigenvalue weighted by Gasteiger charge is 2.26. The van der Waals surface area contributed by atoms with Crippen LogP contribution in [0.1, 0.15) is 29.6 Å². The van der Waals surface area contributed by atoms with Crippen LogP contribution in [0.25, 0.3) is 0 Å². The standard InChI is InChI=1S/C11H13NO2/c1-14-11-9(3-2-6-12-11)10(13)7-8-4-5-8/h2-3,6,8H,4-5,7H2,1H3. The average molecular weight is 191 g/mol. The van der Waals surface area contributed by atoms with Crippen LogP contribution in [0, 0.1) is 5.92 Å². The highest BCUT2D eigenvalue weighted by molar-refractivity contribution is 5.98. The molecule has 14 heavy (non-hydrogen) atoms. The second kappa shape index (κ2) is 3.78. The highest BCUT2D eigenvalue weighted by atomic mass is 16.5. The predicted octanol–water partition coefficient (Wildman–Crippen LogP) is 2.07. The number of methoxy groups -OCH3 is 1. The maximum atomic E-state index is 11.8. The first kappa shape index (κ1) is 9.19. The predicted molar refractivity (Wildman–Crippen MR) is 52.5 cm³/mol. The third kappa shape index (κ3) is 1.92. The Morgan fingerprint density at radius 1 is 1.64 bits per heavy atom. The second-order valence-corrected chi connectivity index (χ2v) is 3.63. The van der Waals surface area contributed by atoms with Crippen LogP contribution in [0.5, 0.6) is 5.88 Å². The van der Waals surface area contributed by atoms with E-state index >= 15 is 0 Å². The lowest BCUT2D eigenvalue weighted by atomic mass is 10.1. The quantitative estimate of drug-likeness (QED) is 0.684. The van der Waals surface area contributed by atoms with E-state index < -0.39 is 0 Å². The van der Waals surface area contributed by atoms with Gasteiger partial charge >= 0.3 is 0 Å². The van der Waals surface area contributed by atoms with Gasteiger partial charge in [0.1, 0.15) is 0 Å². The molecule has 0 aromatic carbocycles. The molecule has 1 heterocycles. The van der Waals surface area contributed by atoms with Crippen molar-refractivity contribution in [1.82, 2.24) is 4.98 Å². The summed E-state index contributed by atoms with van der Waals surface area (Å²) >= 11 is 0. The van der Waals surface area contributed by atoms with Crippen LogP contribution in [0.4, 0.5) is 0 Å². The Kier molecular flexibility index (Phi) is 2.48. The van der Waals surface area contributed by atoms with Crippen molar-refractivity contribution < 1.29 is 9.53 Å². The maximum Gasteiger partial charge on any atom is 0.224 e. The van der Waals surface area contributed by atoms with Crippen molar-refractivity contribution in [2.75, 3.05) is 7.11 Å². The van der Waals surface area contributed by atoms with Gasteiger partial charge in [-0.2, -0.15) is 0 Å². The molecule has 1 aliphatic rings. The number of hydrogen-bond donors (Lipinski definition) is 0. The van der Waals surface area contributed by atoms with E-state index in [0.29, 0.717) is 23.8 Å². The Morgan fingerprint density at radius 2 is 2.43 bits per heavy atom. The number of nitrogens with zero attached hydrogens (tertiary/aromatic N) is 1. The van der Waals surface area contributed by atoms with Gasteiger partial charge in [-0.15, -0.1) is 0 Å². The van der Waals surface area contributed by atoms with E-state index in [2.05, 4.69) is 4.98 Å². The molecule has 74 valence electrons. The monoisotopic (exact) mass is 191 g/mol. The Bertz CT molecular complexity index is 345. The molecular formula is C11H13NO2. The molecule has 0 saturated heterocycles. The zero-order valence-corrected chi connectivity index (χ0v) is 8.19. The number of rotatable bonds is 4. The molecule has 3 heteroatoms. The molecule has 0 spiro atoms. The van der Waals surface area contributed by atoms with Gasteiger partial charge in [0.2, 0.25) is 5.88 Å². The number of pyridine rings is 1. The van der Waals surface area contributed by atoms with Crippen LogP contribution in [0.3, 0.4) is 0 Å². The summed E-state index contributed by atoms with van der Waals surface area (Å²) < 4.78 is 5.04. The minimum absolute atomic E-state index is 0.150. The average Bonchev–Trinajstić information content (AvgIpc) is 3.01. The van der Waals surface area contributed by atoms with Gasteiger partial charge in [-0.05, 0) is 30.9 Å². The van der Waals surface area contributed by atoms with E-state index in [9.17, 15) is 4.79 Å². The fourth-order valence-electron chi connectivity index (χ4n) is 1.46. The molecule has 3 nitrogen and oxygen atoms in total. The van der Waals surface area contributed by atoms with Crippen molar-refractivity contribution in [2.45, 2.75) is 19.3 Å². The first-order chi connectivity index (χ1) is 6.81. The number of Topliss-reactive ketones (excluding diaryl/α,β-unsaturated/α-hetero) is 1. The molecular weight excluding hydrogens is 178 g/mol. The minimum Gasteiger partial charge on any atom is -0.480 e. The van der Waals surface area contributed by atoms with Crippen molar-refractivity contribution in [3.63, 3.8) is 0 Å². The Balaban J connectivity index is 2.16. The van der Waals surface area contributed by atoms with Crippen molar-refractivity contribution in [2.24, 2.45) is 5.92 Å². The van der Waals surface area contributed by atoms with Crippen molar-refractivity contribution in [3.05, 3.63) is 23.9 Å². The summed E-state index contributed by atoms with van der Waals surface area (Å²) in [5.74, 6) is 1.20. The van der Waals surface area contributed by atoms with E-state index in [1.165, 1.54) is 20.0 Å². The summed E-state index contributed by atoms with van der Waals surface area (Å²) in [6.07, 6.45) is 4.65. The lowest BCUT2D eigenvalue weighted by Gasteiger charge is -2.04. The molecule has 1 aliphatic carbocycles. The third-order valence-corrected chi connectivity index (χ3v) is 2.44. The molecule has 0 bridgehead atoms. The summed E-state index contributed by atoms with van der Waals surface area (Å²) in [6.45, 7) is 0. The van der Waals surface area contributed by atoms with Gasteiger partial charge in [-0.25, -0.2) is 4.98 Å². The highest BCUT2D eigenvalue weighted by Crippen LogP contribution is 2.34. The largest absolute Gasteiger partial charge is 0.480 e. The van der Waals surface area contributed by atoms with Gasteiger partial charge in [0.25, 0.3) is 0 Å². The number of carbonyl (C=O) groups is 1. The van der Waals surface area contributed by atoms with Gasteiger partial charge in [0, 0.05) is 12.6 Å². The zero-order chi connectivity index (χ0) is 9.97. The smallest absolute Gasteiger partial charge is 0.224 e. The minimum atomic E-state index is 0.150. The first-order valence-corrected chi connectivity index (χ1v) is 4.83. The number of ether oxygens (including phenoxy) is 1. The van der Waals surface area contributed by atoms with E-state index in [4.69, 9.17) is 4.74 Å². The molecule has 0 atom stereocenters. The summed E-state index contributed by atoms with van der Waals surface area (Å²) in [5.41, 5.74) is 0.613. The molecule has 0 radical (unpaired) electrons. The maximum absolute atomic E-state index is 11.8. The molecule has 1 fully saturated rings. The second-order valence-electron chi connectivity index (χ2n) is 3.63. The Labute approximate surface area is 83.1 Å².